The van der Waals surface area contributed by atoms with E-state index in [9.17, 15) is 0 Å². The molecule has 16 heavy (non-hydrogen) atoms. The fraction of sp³-hybridized carbons (Fsp3) is 0.364. The summed E-state index contributed by atoms with van der Waals surface area (Å²) in [5.41, 5.74) is 0.861. The molecule has 88 valence electrons. The van der Waals surface area contributed by atoms with Gasteiger partial charge in [0.25, 0.3) is 0 Å². The van der Waals surface area contributed by atoms with Gasteiger partial charge in [-0.1, -0.05) is 0 Å². The summed E-state index contributed by atoms with van der Waals surface area (Å²) >= 11 is 5.01. The predicted octanol–water partition coefficient (Wildman–Crippen LogP) is 2.01. The molecule has 1 aromatic rings. The maximum Gasteiger partial charge on any atom is 0.170 e. The molecule has 0 unspecified atom stereocenters. The highest BCUT2D eigenvalue weighted by atomic mass is 32.1. The van der Waals surface area contributed by atoms with Gasteiger partial charge in [0.15, 0.2) is 16.6 Å². The number of ether oxygens (including phenoxy) is 2. The number of hydrogen-bond donors (Lipinski definition) is 2. The van der Waals surface area contributed by atoms with E-state index in [4.69, 9.17) is 21.7 Å². The molecule has 0 atom stereocenters. The second kappa shape index (κ2) is 6.17. The van der Waals surface area contributed by atoms with Crippen molar-refractivity contribution in [3.05, 3.63) is 18.2 Å². The Morgan fingerprint density at radius 1 is 1.38 bits per heavy atom. The van der Waals surface area contributed by atoms with Crippen LogP contribution in [0.25, 0.3) is 0 Å². The zero-order valence-corrected chi connectivity index (χ0v) is 10.5. The first kappa shape index (κ1) is 12.6. The number of anilines is 1. The van der Waals surface area contributed by atoms with Crippen LogP contribution in [-0.2, 0) is 0 Å². The average molecular weight is 240 g/mol. The van der Waals surface area contributed by atoms with Crippen LogP contribution in [0.3, 0.4) is 0 Å². The summed E-state index contributed by atoms with van der Waals surface area (Å²) in [4.78, 5) is 0. The average Bonchev–Trinajstić information content (AvgIpc) is 2.31. The first-order chi connectivity index (χ1) is 7.71. The third-order valence-electron chi connectivity index (χ3n) is 1.95. The lowest BCUT2D eigenvalue weighted by molar-refractivity contribution is 0.311. The van der Waals surface area contributed by atoms with Crippen molar-refractivity contribution in [3.8, 4) is 11.5 Å². The summed E-state index contributed by atoms with van der Waals surface area (Å²) in [5.74, 6) is 1.41. The number of methoxy groups -OCH3 is 1. The number of benzene rings is 1. The molecule has 0 aromatic heterocycles. The van der Waals surface area contributed by atoms with Crippen LogP contribution < -0.4 is 20.1 Å². The molecule has 0 aliphatic rings. The summed E-state index contributed by atoms with van der Waals surface area (Å²) in [6.45, 7) is 2.54. The minimum Gasteiger partial charge on any atom is -0.493 e. The van der Waals surface area contributed by atoms with Gasteiger partial charge in [0.2, 0.25) is 0 Å². The van der Waals surface area contributed by atoms with E-state index in [2.05, 4.69) is 10.6 Å². The number of thiocarbonyl (C=S) groups is 1. The van der Waals surface area contributed by atoms with Crippen LogP contribution in [0.5, 0.6) is 11.5 Å². The molecule has 0 aliphatic heterocycles. The highest BCUT2D eigenvalue weighted by Crippen LogP contribution is 2.30. The van der Waals surface area contributed by atoms with Gasteiger partial charge in [-0.2, -0.15) is 0 Å². The first-order valence-electron chi connectivity index (χ1n) is 5.00. The van der Waals surface area contributed by atoms with Gasteiger partial charge in [-0.15, -0.1) is 0 Å². The molecule has 0 radical (unpaired) electrons. The largest absolute Gasteiger partial charge is 0.493 e. The van der Waals surface area contributed by atoms with Crippen molar-refractivity contribution in [1.82, 2.24) is 5.32 Å². The zero-order valence-electron chi connectivity index (χ0n) is 9.66. The molecular weight excluding hydrogens is 224 g/mol. The third kappa shape index (κ3) is 3.27. The van der Waals surface area contributed by atoms with Gasteiger partial charge in [0.1, 0.15) is 0 Å². The molecule has 0 fully saturated rings. The fourth-order valence-corrected chi connectivity index (χ4v) is 1.33. The summed E-state index contributed by atoms with van der Waals surface area (Å²) in [5, 5.41) is 6.42. The van der Waals surface area contributed by atoms with Crippen molar-refractivity contribution in [2.24, 2.45) is 0 Å². The van der Waals surface area contributed by atoms with Crippen molar-refractivity contribution in [2.45, 2.75) is 6.92 Å². The maximum absolute atomic E-state index is 5.41. The Morgan fingerprint density at radius 2 is 2.12 bits per heavy atom. The molecule has 1 rings (SSSR count). The lowest BCUT2D eigenvalue weighted by atomic mass is 10.3. The van der Waals surface area contributed by atoms with Gasteiger partial charge in [-0.05, 0) is 31.3 Å². The van der Waals surface area contributed by atoms with Gasteiger partial charge in [-0.25, -0.2) is 0 Å². The van der Waals surface area contributed by atoms with Crippen molar-refractivity contribution in [1.29, 1.82) is 0 Å². The lowest BCUT2D eigenvalue weighted by Gasteiger charge is -2.12. The second-order valence-electron chi connectivity index (χ2n) is 3.00. The molecular formula is C11H16N2O2S. The Morgan fingerprint density at radius 3 is 2.69 bits per heavy atom. The van der Waals surface area contributed by atoms with Crippen molar-refractivity contribution in [2.75, 3.05) is 26.1 Å². The summed E-state index contributed by atoms with van der Waals surface area (Å²) in [6.07, 6.45) is 0. The molecule has 0 saturated carbocycles. The maximum atomic E-state index is 5.41. The van der Waals surface area contributed by atoms with Crippen LogP contribution in [0.15, 0.2) is 18.2 Å². The number of hydrogen-bond acceptors (Lipinski definition) is 3. The molecule has 5 heteroatoms. The fourth-order valence-electron chi connectivity index (χ4n) is 1.21. The van der Waals surface area contributed by atoms with E-state index in [0.717, 1.165) is 11.4 Å². The summed E-state index contributed by atoms with van der Waals surface area (Å²) in [7, 11) is 3.37. The molecule has 0 amide bonds. The Bertz CT molecular complexity index is 369. The highest BCUT2D eigenvalue weighted by Gasteiger charge is 2.05. The van der Waals surface area contributed by atoms with E-state index in [1.165, 1.54) is 0 Å². The molecule has 0 heterocycles. The third-order valence-corrected chi connectivity index (χ3v) is 2.25. The molecule has 4 nitrogen and oxygen atoms in total. The van der Waals surface area contributed by atoms with Gasteiger partial charge in [-0.3, -0.25) is 0 Å². The molecule has 1 aromatic carbocycles. The second-order valence-corrected chi connectivity index (χ2v) is 3.41. The van der Waals surface area contributed by atoms with E-state index < -0.39 is 0 Å². The lowest BCUT2D eigenvalue weighted by Crippen LogP contribution is -2.24. The zero-order chi connectivity index (χ0) is 12.0. The van der Waals surface area contributed by atoms with Crippen LogP contribution in [0, 0.1) is 0 Å². The first-order valence-corrected chi connectivity index (χ1v) is 5.41. The standard InChI is InChI=1S/C11H16N2O2S/c1-4-15-9-6-5-8(7-10(9)14-3)13-11(16)12-2/h5-7H,4H2,1-3H3,(H2,12,13,16). The minimum absolute atomic E-state index is 0.561. The SMILES string of the molecule is CCOc1ccc(NC(=S)NC)cc1OC. The number of nitrogens with one attached hydrogen (secondary N) is 2. The van der Waals surface area contributed by atoms with E-state index in [1.54, 1.807) is 14.2 Å². The van der Waals surface area contributed by atoms with Gasteiger partial charge >= 0.3 is 0 Å². The van der Waals surface area contributed by atoms with Crippen LogP contribution in [0.4, 0.5) is 5.69 Å². The monoisotopic (exact) mass is 240 g/mol. The molecule has 0 bridgehead atoms. The Balaban J connectivity index is 2.86. The molecule has 2 N–H and O–H groups in total. The molecule has 0 aliphatic carbocycles. The number of rotatable bonds is 4. The molecule has 0 saturated heterocycles. The summed E-state index contributed by atoms with van der Waals surface area (Å²) in [6, 6.07) is 5.58. The van der Waals surface area contributed by atoms with E-state index in [0.29, 0.717) is 17.5 Å². The summed E-state index contributed by atoms with van der Waals surface area (Å²) < 4.78 is 10.6. The van der Waals surface area contributed by atoms with Crippen LogP contribution >= 0.6 is 12.2 Å². The van der Waals surface area contributed by atoms with E-state index in [1.807, 2.05) is 25.1 Å². The van der Waals surface area contributed by atoms with Crippen LogP contribution in [-0.4, -0.2) is 25.9 Å². The van der Waals surface area contributed by atoms with Gasteiger partial charge in [0.05, 0.1) is 13.7 Å². The van der Waals surface area contributed by atoms with Gasteiger partial charge < -0.3 is 20.1 Å². The minimum atomic E-state index is 0.561. The van der Waals surface area contributed by atoms with E-state index >= 15 is 0 Å². The van der Waals surface area contributed by atoms with Crippen molar-refractivity contribution < 1.29 is 9.47 Å². The molecule has 0 spiro atoms. The van der Waals surface area contributed by atoms with Crippen LogP contribution in [0.1, 0.15) is 6.92 Å². The van der Waals surface area contributed by atoms with Crippen molar-refractivity contribution in [3.63, 3.8) is 0 Å². The topological polar surface area (TPSA) is 42.5 Å². The van der Waals surface area contributed by atoms with E-state index in [-0.39, 0.29) is 0 Å². The predicted molar refractivity (Wildman–Crippen MR) is 69.4 cm³/mol. The Labute approximate surface area is 101 Å². The Hall–Kier alpha value is -1.49. The normalized spacial score (nSPS) is 9.44. The quantitative estimate of drug-likeness (QED) is 0.788. The highest BCUT2D eigenvalue weighted by molar-refractivity contribution is 7.80. The van der Waals surface area contributed by atoms with Crippen LogP contribution in [0.2, 0.25) is 0 Å². The smallest absolute Gasteiger partial charge is 0.170 e. The Kier molecular flexibility index (Phi) is 4.85. The van der Waals surface area contributed by atoms with Gasteiger partial charge in [0, 0.05) is 18.8 Å². The van der Waals surface area contributed by atoms with Crippen molar-refractivity contribution >= 4 is 23.0 Å².